The SMILES string of the molecule is C=C(C(=O)O)[C@@H]1CC[C@]2(COC(C)=O)CC[C@]3(C)C(CCC4[C@@]5(C)CCC(=O)C(C)(C)C5CC[C@]43C)C12. The number of carboxylic acids is 1. The number of ketones is 1. The zero-order valence-electron chi connectivity index (χ0n) is 24.0. The highest BCUT2D eigenvalue weighted by molar-refractivity contribution is 5.86. The van der Waals surface area contributed by atoms with Crippen LogP contribution in [0.15, 0.2) is 12.2 Å². The second-order valence-electron chi connectivity index (χ2n) is 15.0. The molecule has 0 aromatic rings. The van der Waals surface area contributed by atoms with E-state index < -0.39 is 5.97 Å². The van der Waals surface area contributed by atoms with Crippen LogP contribution in [0.5, 0.6) is 0 Å². The molecule has 206 valence electrons. The van der Waals surface area contributed by atoms with Gasteiger partial charge in [0, 0.05) is 29.7 Å². The summed E-state index contributed by atoms with van der Waals surface area (Å²) in [6.07, 6.45) is 9.95. The summed E-state index contributed by atoms with van der Waals surface area (Å²) in [6.45, 7) is 17.9. The first-order valence-corrected chi connectivity index (χ1v) is 14.7. The maximum atomic E-state index is 13.0. The lowest BCUT2D eigenvalue weighted by Gasteiger charge is -2.72. The van der Waals surface area contributed by atoms with E-state index in [2.05, 4.69) is 41.2 Å². The first kappa shape index (κ1) is 26.9. The second-order valence-corrected chi connectivity index (χ2v) is 15.0. The molecule has 0 aromatic heterocycles. The van der Waals surface area contributed by atoms with Crippen LogP contribution in [0.2, 0.25) is 0 Å². The Morgan fingerprint density at radius 2 is 1.62 bits per heavy atom. The molecule has 5 fully saturated rings. The number of hydrogen-bond donors (Lipinski definition) is 1. The minimum Gasteiger partial charge on any atom is -0.478 e. The molecule has 0 saturated heterocycles. The molecule has 5 saturated carbocycles. The standard InChI is InChI=1S/C32H48O5/c1-19(27(35)36)21-10-15-32(18-37-20(2)33)17-16-30(6)22(26(21)32)8-9-24-29(5)13-12-25(34)28(3,4)23(29)11-14-31(24,30)7/h21-24,26H,1,8-18H2,2-7H3,(H,35,36)/t21-,22?,23?,24?,26?,29-,30+,31+,32+/m0/s1. The van der Waals surface area contributed by atoms with Crippen LogP contribution in [0.4, 0.5) is 0 Å². The largest absolute Gasteiger partial charge is 0.478 e. The van der Waals surface area contributed by atoms with Crippen LogP contribution in [-0.2, 0) is 19.1 Å². The summed E-state index contributed by atoms with van der Waals surface area (Å²) in [5.74, 6) is 0.805. The van der Waals surface area contributed by atoms with Crippen LogP contribution in [0.25, 0.3) is 0 Å². The summed E-state index contributed by atoms with van der Waals surface area (Å²) in [6, 6.07) is 0. The molecule has 0 bridgehead atoms. The molecular formula is C32H48O5. The summed E-state index contributed by atoms with van der Waals surface area (Å²) >= 11 is 0. The van der Waals surface area contributed by atoms with Gasteiger partial charge in [0.1, 0.15) is 5.78 Å². The minimum absolute atomic E-state index is 0.0593. The second kappa shape index (κ2) is 8.42. The minimum atomic E-state index is -0.886. The van der Waals surface area contributed by atoms with Gasteiger partial charge < -0.3 is 9.84 Å². The highest BCUT2D eigenvalue weighted by Crippen LogP contribution is 2.77. The molecular weight excluding hydrogens is 464 g/mol. The van der Waals surface area contributed by atoms with Crippen molar-refractivity contribution in [2.75, 3.05) is 6.61 Å². The summed E-state index contributed by atoms with van der Waals surface area (Å²) < 4.78 is 5.69. The molecule has 5 rings (SSSR count). The molecule has 0 spiro atoms. The molecule has 37 heavy (non-hydrogen) atoms. The van der Waals surface area contributed by atoms with E-state index in [9.17, 15) is 19.5 Å². The fourth-order valence-corrected chi connectivity index (χ4v) is 11.6. The Bertz CT molecular complexity index is 1030. The zero-order chi connectivity index (χ0) is 27.2. The quantitative estimate of drug-likeness (QED) is 0.329. The Morgan fingerprint density at radius 3 is 2.27 bits per heavy atom. The number of ether oxygens (including phenoxy) is 1. The van der Waals surface area contributed by atoms with Gasteiger partial charge in [-0.05, 0) is 104 Å². The molecule has 0 radical (unpaired) electrons. The molecule has 5 aliphatic rings. The molecule has 5 heteroatoms. The van der Waals surface area contributed by atoms with Crippen LogP contribution in [0.1, 0.15) is 106 Å². The summed E-state index contributed by atoms with van der Waals surface area (Å²) in [7, 11) is 0. The van der Waals surface area contributed by atoms with Crippen molar-refractivity contribution in [1.29, 1.82) is 0 Å². The fourth-order valence-electron chi connectivity index (χ4n) is 11.6. The predicted octanol–water partition coefficient (Wildman–Crippen LogP) is 6.84. The highest BCUT2D eigenvalue weighted by atomic mass is 16.5. The third kappa shape index (κ3) is 3.50. The Balaban J connectivity index is 1.55. The third-order valence-electron chi connectivity index (χ3n) is 13.6. The van der Waals surface area contributed by atoms with Crippen molar-refractivity contribution in [3.8, 4) is 0 Å². The van der Waals surface area contributed by atoms with Crippen molar-refractivity contribution in [3.05, 3.63) is 12.2 Å². The number of carboxylic acid groups (broad SMARTS) is 1. The normalized spacial score (nSPS) is 48.2. The number of esters is 1. The Labute approximate surface area is 223 Å². The first-order chi connectivity index (χ1) is 17.1. The zero-order valence-corrected chi connectivity index (χ0v) is 24.0. The smallest absolute Gasteiger partial charge is 0.331 e. The third-order valence-corrected chi connectivity index (χ3v) is 13.6. The van der Waals surface area contributed by atoms with Gasteiger partial charge in [0.25, 0.3) is 0 Å². The molecule has 9 atom stereocenters. The summed E-state index contributed by atoms with van der Waals surface area (Å²) in [4.78, 5) is 37.0. The van der Waals surface area contributed by atoms with Crippen molar-refractivity contribution in [3.63, 3.8) is 0 Å². The maximum Gasteiger partial charge on any atom is 0.331 e. The Kier molecular flexibility index (Phi) is 6.13. The van der Waals surface area contributed by atoms with Gasteiger partial charge in [-0.2, -0.15) is 0 Å². The number of rotatable bonds is 4. The number of carbonyl (C=O) groups excluding carboxylic acids is 2. The highest BCUT2D eigenvalue weighted by Gasteiger charge is 2.71. The average Bonchev–Trinajstić information content (AvgIpc) is 3.20. The lowest BCUT2D eigenvalue weighted by atomic mass is 9.32. The van der Waals surface area contributed by atoms with Gasteiger partial charge in [-0.15, -0.1) is 0 Å². The summed E-state index contributed by atoms with van der Waals surface area (Å²) in [5, 5.41) is 9.95. The molecule has 4 unspecified atom stereocenters. The van der Waals surface area contributed by atoms with Crippen LogP contribution in [-0.4, -0.2) is 29.4 Å². The molecule has 1 N–H and O–H groups in total. The van der Waals surface area contributed by atoms with Crippen molar-refractivity contribution in [1.82, 2.24) is 0 Å². The number of hydrogen-bond acceptors (Lipinski definition) is 4. The molecule has 0 heterocycles. The number of Topliss-reactive ketones (excluding diaryl/α,β-unsaturated/α-hetero) is 1. The molecule has 5 aliphatic carbocycles. The molecule has 0 amide bonds. The average molecular weight is 513 g/mol. The van der Waals surface area contributed by atoms with E-state index >= 15 is 0 Å². The summed E-state index contributed by atoms with van der Waals surface area (Å²) in [5.41, 5.74) is 0.319. The van der Waals surface area contributed by atoms with Gasteiger partial charge in [-0.25, -0.2) is 4.79 Å². The maximum absolute atomic E-state index is 13.0. The lowest BCUT2D eigenvalue weighted by molar-refractivity contribution is -0.237. The van der Waals surface area contributed by atoms with E-state index in [4.69, 9.17) is 4.74 Å². The lowest BCUT2D eigenvalue weighted by Crippen LogP contribution is -2.66. The van der Waals surface area contributed by atoms with E-state index in [-0.39, 0.29) is 44.9 Å². The van der Waals surface area contributed by atoms with Crippen LogP contribution in [0, 0.1) is 56.7 Å². The van der Waals surface area contributed by atoms with Gasteiger partial charge in [0.05, 0.1) is 6.61 Å². The van der Waals surface area contributed by atoms with Crippen molar-refractivity contribution in [2.24, 2.45) is 56.7 Å². The van der Waals surface area contributed by atoms with Crippen LogP contribution in [0.3, 0.4) is 0 Å². The van der Waals surface area contributed by atoms with Gasteiger partial charge in [-0.3, -0.25) is 9.59 Å². The van der Waals surface area contributed by atoms with Gasteiger partial charge >= 0.3 is 11.9 Å². The van der Waals surface area contributed by atoms with Crippen LogP contribution >= 0.6 is 0 Å². The van der Waals surface area contributed by atoms with E-state index in [1.807, 2.05) is 0 Å². The first-order valence-electron chi connectivity index (χ1n) is 14.7. The van der Waals surface area contributed by atoms with E-state index in [0.717, 1.165) is 57.8 Å². The molecule has 0 aliphatic heterocycles. The topological polar surface area (TPSA) is 80.7 Å². The van der Waals surface area contributed by atoms with Gasteiger partial charge in [0.15, 0.2) is 0 Å². The molecule has 0 aromatic carbocycles. The van der Waals surface area contributed by atoms with Crippen LogP contribution < -0.4 is 0 Å². The van der Waals surface area contributed by atoms with E-state index in [1.165, 1.54) is 6.92 Å². The Morgan fingerprint density at radius 1 is 0.919 bits per heavy atom. The molecule has 5 nitrogen and oxygen atoms in total. The predicted molar refractivity (Wildman–Crippen MR) is 143 cm³/mol. The van der Waals surface area contributed by atoms with E-state index in [0.29, 0.717) is 42.1 Å². The van der Waals surface area contributed by atoms with Crippen molar-refractivity contribution in [2.45, 2.75) is 106 Å². The van der Waals surface area contributed by atoms with Crippen molar-refractivity contribution < 1.29 is 24.2 Å². The number of carbonyl (C=O) groups is 3. The van der Waals surface area contributed by atoms with Gasteiger partial charge in [0.2, 0.25) is 0 Å². The van der Waals surface area contributed by atoms with E-state index in [1.54, 1.807) is 0 Å². The number of fused-ring (bicyclic) bond motifs is 7. The number of aliphatic carboxylic acids is 1. The van der Waals surface area contributed by atoms with Gasteiger partial charge in [-0.1, -0.05) is 41.2 Å². The fraction of sp³-hybridized carbons (Fsp3) is 0.844. The van der Waals surface area contributed by atoms with Crippen molar-refractivity contribution >= 4 is 17.7 Å². The monoisotopic (exact) mass is 512 g/mol. The Hall–Kier alpha value is -1.65.